The van der Waals surface area contributed by atoms with Crippen LogP contribution in [-0.4, -0.2) is 29.7 Å². The lowest BCUT2D eigenvalue weighted by atomic mass is 10.2. The van der Waals surface area contributed by atoms with Gasteiger partial charge in [-0.15, -0.1) is 0 Å². The van der Waals surface area contributed by atoms with Crippen LogP contribution in [0, 0.1) is 0 Å². The molecule has 1 atom stereocenters. The van der Waals surface area contributed by atoms with E-state index in [1.54, 1.807) is 0 Å². The Balaban J connectivity index is 3.76. The summed E-state index contributed by atoms with van der Waals surface area (Å²) in [7, 11) is 0. The molecule has 12 heavy (non-hydrogen) atoms. The van der Waals surface area contributed by atoms with Crippen molar-refractivity contribution in [3.8, 4) is 0 Å². The third kappa shape index (κ3) is 4.45. The standard InChI is InChI=1S/C7H11NO4/c1-2-3-12-7(11)5(9)4-6(8)10/h2,5,9H,1,3-4H2,(H2,8,10). The molecule has 0 saturated carbocycles. The van der Waals surface area contributed by atoms with E-state index >= 15 is 0 Å². The number of primary amides is 1. The third-order valence-electron chi connectivity index (χ3n) is 1.01. The molecule has 3 N–H and O–H groups in total. The fourth-order valence-corrected chi connectivity index (χ4v) is 0.511. The number of aliphatic hydroxyl groups excluding tert-OH is 1. The van der Waals surface area contributed by atoms with E-state index in [0.717, 1.165) is 0 Å². The molecule has 0 aliphatic heterocycles. The number of ether oxygens (including phenoxy) is 1. The van der Waals surface area contributed by atoms with Crippen LogP contribution in [0.1, 0.15) is 6.42 Å². The van der Waals surface area contributed by atoms with Crippen LogP contribution in [0.2, 0.25) is 0 Å². The first kappa shape index (κ1) is 10.6. The van der Waals surface area contributed by atoms with Crippen LogP contribution < -0.4 is 5.73 Å². The van der Waals surface area contributed by atoms with E-state index in [0.29, 0.717) is 0 Å². The maximum atomic E-state index is 10.7. The van der Waals surface area contributed by atoms with Gasteiger partial charge in [-0.2, -0.15) is 0 Å². The summed E-state index contributed by atoms with van der Waals surface area (Å²) in [4.78, 5) is 20.9. The second-order valence-electron chi connectivity index (χ2n) is 2.10. The van der Waals surface area contributed by atoms with Crippen molar-refractivity contribution < 1.29 is 19.4 Å². The Hall–Kier alpha value is -1.36. The highest BCUT2D eigenvalue weighted by atomic mass is 16.5. The molecule has 1 amide bonds. The molecule has 5 nitrogen and oxygen atoms in total. The van der Waals surface area contributed by atoms with Crippen molar-refractivity contribution in [2.24, 2.45) is 5.73 Å². The summed E-state index contributed by atoms with van der Waals surface area (Å²) >= 11 is 0. The molecule has 0 aromatic carbocycles. The van der Waals surface area contributed by atoms with Crippen molar-refractivity contribution in [2.45, 2.75) is 12.5 Å². The quantitative estimate of drug-likeness (QED) is 0.410. The number of carbonyl (C=O) groups excluding carboxylic acids is 2. The summed E-state index contributed by atoms with van der Waals surface area (Å²) < 4.78 is 4.44. The Labute approximate surface area is 69.8 Å². The fraction of sp³-hybridized carbons (Fsp3) is 0.429. The molecule has 0 spiro atoms. The van der Waals surface area contributed by atoms with E-state index in [1.807, 2.05) is 0 Å². The fourth-order valence-electron chi connectivity index (χ4n) is 0.511. The molecular weight excluding hydrogens is 162 g/mol. The highest BCUT2D eigenvalue weighted by Crippen LogP contribution is 1.93. The Kier molecular flexibility index (Phi) is 4.71. The molecule has 0 bridgehead atoms. The molecule has 0 rings (SSSR count). The number of nitrogens with two attached hydrogens (primary N) is 1. The van der Waals surface area contributed by atoms with Gasteiger partial charge in [0, 0.05) is 0 Å². The van der Waals surface area contributed by atoms with Gasteiger partial charge in [0.1, 0.15) is 6.61 Å². The molecule has 0 saturated heterocycles. The zero-order valence-electron chi connectivity index (χ0n) is 6.53. The van der Waals surface area contributed by atoms with Crippen molar-refractivity contribution >= 4 is 11.9 Å². The Bertz CT molecular complexity index is 190. The molecule has 0 aromatic heterocycles. The molecule has 68 valence electrons. The van der Waals surface area contributed by atoms with Gasteiger partial charge in [0.05, 0.1) is 6.42 Å². The lowest BCUT2D eigenvalue weighted by Gasteiger charge is -2.06. The zero-order chi connectivity index (χ0) is 9.56. The number of rotatable bonds is 5. The average Bonchev–Trinajstić information content (AvgIpc) is 1.98. The van der Waals surface area contributed by atoms with Crippen LogP contribution in [-0.2, 0) is 14.3 Å². The molecule has 5 heteroatoms. The molecular formula is C7H11NO4. The summed E-state index contributed by atoms with van der Waals surface area (Å²) in [6.45, 7) is 3.31. The zero-order valence-corrected chi connectivity index (χ0v) is 6.53. The van der Waals surface area contributed by atoms with E-state index < -0.39 is 24.4 Å². The van der Waals surface area contributed by atoms with E-state index in [4.69, 9.17) is 10.8 Å². The third-order valence-corrected chi connectivity index (χ3v) is 1.01. The summed E-state index contributed by atoms with van der Waals surface area (Å²) in [5.74, 6) is -1.62. The molecule has 0 fully saturated rings. The van der Waals surface area contributed by atoms with Crippen LogP contribution in [0.4, 0.5) is 0 Å². The number of hydrogen-bond acceptors (Lipinski definition) is 4. The van der Waals surface area contributed by atoms with Gasteiger partial charge >= 0.3 is 5.97 Å². The van der Waals surface area contributed by atoms with Crippen LogP contribution in [0.15, 0.2) is 12.7 Å². The summed E-state index contributed by atoms with van der Waals surface area (Å²) in [5.41, 5.74) is 4.73. The monoisotopic (exact) mass is 173 g/mol. The summed E-state index contributed by atoms with van der Waals surface area (Å²) in [6, 6.07) is 0. The lowest BCUT2D eigenvalue weighted by Crippen LogP contribution is -2.28. The second-order valence-corrected chi connectivity index (χ2v) is 2.10. The predicted octanol–water partition coefficient (Wildman–Crippen LogP) is -1.05. The lowest BCUT2D eigenvalue weighted by molar-refractivity contribution is -0.154. The highest BCUT2D eigenvalue weighted by molar-refractivity contribution is 5.83. The number of aliphatic hydroxyl groups is 1. The Morgan fingerprint density at radius 1 is 1.67 bits per heavy atom. The average molecular weight is 173 g/mol. The molecule has 0 radical (unpaired) electrons. The highest BCUT2D eigenvalue weighted by Gasteiger charge is 2.18. The van der Waals surface area contributed by atoms with Crippen LogP contribution >= 0.6 is 0 Å². The number of hydrogen-bond donors (Lipinski definition) is 2. The van der Waals surface area contributed by atoms with Crippen molar-refractivity contribution in [2.75, 3.05) is 6.61 Å². The number of esters is 1. The second kappa shape index (κ2) is 5.31. The smallest absolute Gasteiger partial charge is 0.335 e. The van der Waals surface area contributed by atoms with E-state index in [9.17, 15) is 9.59 Å². The Morgan fingerprint density at radius 2 is 2.25 bits per heavy atom. The summed E-state index contributed by atoms with van der Waals surface area (Å²) in [5, 5.41) is 8.91. The first-order chi connectivity index (χ1) is 5.57. The van der Waals surface area contributed by atoms with E-state index in [-0.39, 0.29) is 6.61 Å². The minimum atomic E-state index is -1.47. The first-order valence-corrected chi connectivity index (χ1v) is 3.31. The maximum absolute atomic E-state index is 10.7. The van der Waals surface area contributed by atoms with Gasteiger partial charge in [-0.3, -0.25) is 4.79 Å². The van der Waals surface area contributed by atoms with E-state index in [2.05, 4.69) is 11.3 Å². The van der Waals surface area contributed by atoms with Gasteiger partial charge in [-0.25, -0.2) is 4.79 Å². The van der Waals surface area contributed by atoms with Gasteiger partial charge in [0.25, 0.3) is 0 Å². The maximum Gasteiger partial charge on any atom is 0.335 e. The van der Waals surface area contributed by atoms with Gasteiger partial charge in [0.2, 0.25) is 5.91 Å². The molecule has 0 aliphatic rings. The Morgan fingerprint density at radius 3 is 2.67 bits per heavy atom. The van der Waals surface area contributed by atoms with Crippen molar-refractivity contribution in [1.29, 1.82) is 0 Å². The molecule has 0 aromatic rings. The molecule has 1 unspecified atom stereocenters. The molecule has 0 heterocycles. The van der Waals surface area contributed by atoms with Crippen LogP contribution in [0.3, 0.4) is 0 Å². The van der Waals surface area contributed by atoms with Gasteiger partial charge in [-0.1, -0.05) is 12.7 Å². The SMILES string of the molecule is C=CCOC(=O)C(O)CC(N)=O. The summed E-state index contributed by atoms with van der Waals surface area (Å²) in [6.07, 6.45) is -0.535. The first-order valence-electron chi connectivity index (χ1n) is 3.31. The van der Waals surface area contributed by atoms with Gasteiger partial charge in [0.15, 0.2) is 6.10 Å². The van der Waals surface area contributed by atoms with Crippen molar-refractivity contribution in [1.82, 2.24) is 0 Å². The van der Waals surface area contributed by atoms with E-state index in [1.165, 1.54) is 6.08 Å². The minimum absolute atomic E-state index is 0.00859. The minimum Gasteiger partial charge on any atom is -0.460 e. The normalized spacial score (nSPS) is 11.8. The predicted molar refractivity (Wildman–Crippen MR) is 41.0 cm³/mol. The topological polar surface area (TPSA) is 89.6 Å². The van der Waals surface area contributed by atoms with Crippen LogP contribution in [0.25, 0.3) is 0 Å². The number of carbonyl (C=O) groups is 2. The van der Waals surface area contributed by atoms with Gasteiger partial charge in [-0.05, 0) is 0 Å². The van der Waals surface area contributed by atoms with Gasteiger partial charge < -0.3 is 15.6 Å². The van der Waals surface area contributed by atoms with Crippen molar-refractivity contribution in [3.05, 3.63) is 12.7 Å². The van der Waals surface area contributed by atoms with Crippen molar-refractivity contribution in [3.63, 3.8) is 0 Å². The molecule has 0 aliphatic carbocycles. The number of amides is 1. The largest absolute Gasteiger partial charge is 0.460 e. The van der Waals surface area contributed by atoms with Crippen LogP contribution in [0.5, 0.6) is 0 Å².